The van der Waals surface area contributed by atoms with E-state index >= 15 is 0 Å². The molecule has 1 fully saturated rings. The summed E-state index contributed by atoms with van der Waals surface area (Å²) in [5, 5.41) is 8.46. The fraction of sp³-hybridized carbons (Fsp3) is 0.462. The van der Waals surface area contributed by atoms with Crippen molar-refractivity contribution in [1.29, 1.82) is 0 Å². The molecular formula is C13H17NO5S. The molecule has 0 aromatic heterocycles. The first-order valence-electron chi connectivity index (χ1n) is 6.37. The van der Waals surface area contributed by atoms with Crippen LogP contribution in [0.3, 0.4) is 0 Å². The average molecular weight is 299 g/mol. The molecule has 0 atom stereocenters. The number of sulfonamides is 1. The Morgan fingerprint density at radius 2 is 2.05 bits per heavy atom. The summed E-state index contributed by atoms with van der Waals surface area (Å²) in [6.45, 7) is 1.01. The minimum absolute atomic E-state index is 0.0980. The molecule has 20 heavy (non-hydrogen) atoms. The molecule has 2 N–H and O–H groups in total. The molecule has 0 unspecified atom stereocenters. The highest BCUT2D eigenvalue weighted by atomic mass is 32.2. The first-order valence-corrected chi connectivity index (χ1v) is 7.92. The SMILES string of the molecule is O=C(O)c1cccc(CNS(=O)(=O)C2CCOCC2)c1. The minimum atomic E-state index is -3.39. The van der Waals surface area contributed by atoms with E-state index in [0.29, 0.717) is 31.6 Å². The van der Waals surface area contributed by atoms with Crippen molar-refractivity contribution in [3.05, 3.63) is 35.4 Å². The highest BCUT2D eigenvalue weighted by Gasteiger charge is 2.27. The Balaban J connectivity index is 2.00. The molecule has 110 valence electrons. The second-order valence-corrected chi connectivity index (χ2v) is 6.73. The van der Waals surface area contributed by atoms with Crippen LogP contribution in [0.5, 0.6) is 0 Å². The number of carboxylic acid groups (broad SMARTS) is 1. The molecule has 0 aliphatic carbocycles. The third-order valence-electron chi connectivity index (χ3n) is 3.26. The van der Waals surface area contributed by atoms with Crippen molar-refractivity contribution in [2.45, 2.75) is 24.6 Å². The maximum Gasteiger partial charge on any atom is 0.335 e. The lowest BCUT2D eigenvalue weighted by molar-refractivity contribution is 0.0696. The Kier molecular flexibility index (Phi) is 4.74. The number of carbonyl (C=O) groups is 1. The zero-order valence-electron chi connectivity index (χ0n) is 10.9. The lowest BCUT2D eigenvalue weighted by Crippen LogP contribution is -2.37. The smallest absolute Gasteiger partial charge is 0.335 e. The molecule has 0 saturated carbocycles. The molecule has 1 aliphatic heterocycles. The number of rotatable bonds is 5. The number of nitrogens with one attached hydrogen (secondary N) is 1. The summed E-state index contributed by atoms with van der Waals surface area (Å²) in [5.41, 5.74) is 0.772. The van der Waals surface area contributed by atoms with E-state index in [1.807, 2.05) is 0 Å². The molecule has 1 aromatic carbocycles. The van der Waals surface area contributed by atoms with Crippen LogP contribution in [0.2, 0.25) is 0 Å². The number of hydrogen-bond donors (Lipinski definition) is 2. The molecule has 0 spiro atoms. The summed E-state index contributed by atoms with van der Waals surface area (Å²) in [5.74, 6) is -1.03. The van der Waals surface area contributed by atoms with Gasteiger partial charge in [-0.15, -0.1) is 0 Å². The van der Waals surface area contributed by atoms with E-state index in [9.17, 15) is 13.2 Å². The molecule has 1 saturated heterocycles. The van der Waals surface area contributed by atoms with Gasteiger partial charge in [-0.25, -0.2) is 17.9 Å². The first kappa shape index (κ1) is 15.0. The monoisotopic (exact) mass is 299 g/mol. The Morgan fingerprint density at radius 3 is 2.70 bits per heavy atom. The number of carboxylic acids is 1. The van der Waals surface area contributed by atoms with Gasteiger partial charge in [0.15, 0.2) is 0 Å². The Morgan fingerprint density at radius 1 is 1.35 bits per heavy atom. The molecule has 1 aromatic rings. The quantitative estimate of drug-likeness (QED) is 0.845. The lowest BCUT2D eigenvalue weighted by atomic mass is 10.1. The average Bonchev–Trinajstić information content (AvgIpc) is 2.46. The molecule has 0 bridgehead atoms. The fourth-order valence-corrected chi connectivity index (χ4v) is 3.52. The number of hydrogen-bond acceptors (Lipinski definition) is 4. The predicted octanol–water partition coefficient (Wildman–Crippen LogP) is 0.983. The zero-order chi connectivity index (χ0) is 14.6. The van der Waals surface area contributed by atoms with E-state index in [0.717, 1.165) is 0 Å². The van der Waals surface area contributed by atoms with E-state index in [1.54, 1.807) is 12.1 Å². The van der Waals surface area contributed by atoms with Crippen LogP contribution in [0.4, 0.5) is 0 Å². The predicted molar refractivity (Wildman–Crippen MR) is 73.0 cm³/mol. The van der Waals surface area contributed by atoms with Crippen LogP contribution in [-0.4, -0.2) is 38.0 Å². The van der Waals surface area contributed by atoms with Gasteiger partial charge in [0.25, 0.3) is 0 Å². The summed E-state index contributed by atoms with van der Waals surface area (Å²) < 4.78 is 31.9. The Bertz CT molecular complexity index is 578. The second-order valence-electron chi connectivity index (χ2n) is 4.68. The van der Waals surface area contributed by atoms with Crippen molar-refractivity contribution in [3.8, 4) is 0 Å². The van der Waals surface area contributed by atoms with Crippen LogP contribution in [0, 0.1) is 0 Å². The van der Waals surface area contributed by atoms with Crippen molar-refractivity contribution in [3.63, 3.8) is 0 Å². The highest BCUT2D eigenvalue weighted by Crippen LogP contribution is 2.15. The summed E-state index contributed by atoms with van der Waals surface area (Å²) >= 11 is 0. The van der Waals surface area contributed by atoms with Crippen molar-refractivity contribution in [2.75, 3.05) is 13.2 Å². The van der Waals surface area contributed by atoms with Crippen molar-refractivity contribution in [2.24, 2.45) is 0 Å². The fourth-order valence-electron chi connectivity index (χ4n) is 2.10. The standard InChI is InChI=1S/C13H17NO5S/c15-13(16)11-3-1-2-10(8-11)9-14-20(17,18)12-4-6-19-7-5-12/h1-3,8,12,14H,4-7,9H2,(H,15,16). The minimum Gasteiger partial charge on any atom is -0.478 e. The van der Waals surface area contributed by atoms with Crippen molar-refractivity contribution < 1.29 is 23.1 Å². The summed E-state index contributed by atoms with van der Waals surface area (Å²) in [7, 11) is -3.39. The van der Waals surface area contributed by atoms with E-state index < -0.39 is 21.2 Å². The number of benzene rings is 1. The molecule has 0 amide bonds. The normalized spacial score (nSPS) is 17.0. The molecule has 0 radical (unpaired) electrons. The third-order valence-corrected chi connectivity index (χ3v) is 5.15. The number of ether oxygens (including phenoxy) is 1. The van der Waals surface area contributed by atoms with Crippen molar-refractivity contribution in [1.82, 2.24) is 4.72 Å². The molecule has 1 heterocycles. The van der Waals surface area contributed by atoms with Gasteiger partial charge >= 0.3 is 5.97 Å². The van der Waals surface area contributed by atoms with Crippen molar-refractivity contribution >= 4 is 16.0 Å². The van der Waals surface area contributed by atoms with Gasteiger partial charge in [0, 0.05) is 19.8 Å². The Labute approximate surface area is 117 Å². The van der Waals surface area contributed by atoms with E-state index in [1.165, 1.54) is 12.1 Å². The van der Waals surface area contributed by atoms with Crippen LogP contribution >= 0.6 is 0 Å². The van der Waals surface area contributed by atoms with E-state index in [-0.39, 0.29) is 12.1 Å². The van der Waals surface area contributed by atoms with Gasteiger partial charge in [-0.3, -0.25) is 0 Å². The van der Waals surface area contributed by atoms with Gasteiger partial charge in [0.1, 0.15) is 0 Å². The van der Waals surface area contributed by atoms with Gasteiger partial charge in [0.05, 0.1) is 10.8 Å². The second kappa shape index (κ2) is 6.34. The summed E-state index contributed by atoms with van der Waals surface area (Å²) in [4.78, 5) is 10.8. The highest BCUT2D eigenvalue weighted by molar-refractivity contribution is 7.90. The van der Waals surface area contributed by atoms with Crippen LogP contribution in [0.15, 0.2) is 24.3 Å². The first-order chi connectivity index (χ1) is 9.49. The zero-order valence-corrected chi connectivity index (χ0v) is 11.7. The largest absolute Gasteiger partial charge is 0.478 e. The summed E-state index contributed by atoms with van der Waals surface area (Å²) in [6, 6.07) is 6.23. The molecule has 2 rings (SSSR count). The third kappa shape index (κ3) is 3.78. The topological polar surface area (TPSA) is 92.7 Å². The van der Waals surface area contributed by atoms with Crippen LogP contribution in [-0.2, 0) is 21.3 Å². The maximum absolute atomic E-state index is 12.1. The number of aromatic carboxylic acids is 1. The molecular weight excluding hydrogens is 282 g/mol. The summed E-state index contributed by atoms with van der Waals surface area (Å²) in [6.07, 6.45) is 0.981. The molecule has 6 nitrogen and oxygen atoms in total. The van der Waals surface area contributed by atoms with Gasteiger partial charge < -0.3 is 9.84 Å². The van der Waals surface area contributed by atoms with Crippen LogP contribution in [0.1, 0.15) is 28.8 Å². The van der Waals surface area contributed by atoms with E-state index in [2.05, 4.69) is 4.72 Å². The lowest BCUT2D eigenvalue weighted by Gasteiger charge is -2.22. The Hall–Kier alpha value is -1.44. The van der Waals surface area contributed by atoms with Gasteiger partial charge in [-0.1, -0.05) is 12.1 Å². The van der Waals surface area contributed by atoms with Crippen LogP contribution in [0.25, 0.3) is 0 Å². The van der Waals surface area contributed by atoms with E-state index in [4.69, 9.17) is 9.84 Å². The van der Waals surface area contributed by atoms with Gasteiger partial charge in [-0.05, 0) is 30.5 Å². The molecule has 7 heteroatoms. The van der Waals surface area contributed by atoms with Gasteiger partial charge in [-0.2, -0.15) is 0 Å². The van der Waals surface area contributed by atoms with Crippen LogP contribution < -0.4 is 4.72 Å². The van der Waals surface area contributed by atoms with Gasteiger partial charge in [0.2, 0.25) is 10.0 Å². The maximum atomic E-state index is 12.1. The molecule has 1 aliphatic rings.